The number of amides is 1. The summed E-state index contributed by atoms with van der Waals surface area (Å²) in [6.45, 7) is 8.63. The number of thiazole rings is 2. The van der Waals surface area contributed by atoms with E-state index in [2.05, 4.69) is 88.8 Å². The minimum atomic E-state index is -0.475. The number of rotatable bonds is 18. The van der Waals surface area contributed by atoms with Gasteiger partial charge >= 0.3 is 11.7 Å². The Kier molecular flexibility index (Phi) is 26.3. The normalized spacial score (nSPS) is 10.8. The van der Waals surface area contributed by atoms with Gasteiger partial charge in [-0.3, -0.25) is 19.9 Å². The molecular weight excluding hydrogens is 1700 g/mol. The van der Waals surface area contributed by atoms with E-state index in [4.69, 9.17) is 73.1 Å². The Morgan fingerprint density at radius 1 is 0.508 bits per heavy atom. The number of nitriles is 2. The van der Waals surface area contributed by atoms with Gasteiger partial charge in [0, 0.05) is 160 Å². The van der Waals surface area contributed by atoms with Crippen molar-refractivity contribution in [3.05, 3.63) is 293 Å². The second-order valence-corrected chi connectivity index (χ2v) is 30.8. The Bertz CT molecular complexity index is 6660. The van der Waals surface area contributed by atoms with Crippen molar-refractivity contribution < 1.29 is 38.2 Å². The van der Waals surface area contributed by atoms with Gasteiger partial charge in [-0.2, -0.15) is 10.5 Å². The van der Waals surface area contributed by atoms with Crippen LogP contribution in [0.25, 0.3) is 121 Å². The summed E-state index contributed by atoms with van der Waals surface area (Å²) in [5, 5.41) is 41.1. The van der Waals surface area contributed by atoms with E-state index in [-0.39, 0.29) is 16.6 Å². The first kappa shape index (κ1) is 83.1. The van der Waals surface area contributed by atoms with Crippen molar-refractivity contribution >= 4 is 150 Å². The molecule has 17 aromatic rings. The van der Waals surface area contributed by atoms with Crippen molar-refractivity contribution in [3.8, 4) is 101 Å². The van der Waals surface area contributed by atoms with Crippen LogP contribution in [0.15, 0.2) is 251 Å². The molecule has 27 heteroatoms. The van der Waals surface area contributed by atoms with E-state index in [0.717, 1.165) is 161 Å². The summed E-state index contributed by atoms with van der Waals surface area (Å²) in [6.07, 6.45) is 12.5. The maximum Gasteiger partial charge on any atom is 0.337 e. The highest BCUT2D eigenvalue weighted by Gasteiger charge is 2.28. The van der Waals surface area contributed by atoms with Crippen LogP contribution in [-0.2, 0) is 24.4 Å². The number of carbonyl (C=O) groups is 2. The molecule has 1 amide bonds. The molecule has 118 heavy (non-hydrogen) atoms. The number of nitrogens with two attached hydrogens (primary N) is 1. The fraction of sp³-hybridized carbons (Fsp3) is 0.132. The Morgan fingerprint density at radius 3 is 1.47 bits per heavy atom. The van der Waals surface area contributed by atoms with Crippen LogP contribution < -0.4 is 24.7 Å². The zero-order chi connectivity index (χ0) is 83.4. The highest BCUT2D eigenvalue weighted by molar-refractivity contribution is 9.10. The van der Waals surface area contributed by atoms with Gasteiger partial charge in [0.1, 0.15) is 50.8 Å². The third-order valence-electron chi connectivity index (χ3n) is 19.5. The second kappa shape index (κ2) is 37.4. The molecule has 0 aliphatic carbocycles. The fourth-order valence-electron chi connectivity index (χ4n) is 13.7. The van der Waals surface area contributed by atoms with E-state index < -0.39 is 5.91 Å². The quantitative estimate of drug-likeness (QED) is 0.0476. The van der Waals surface area contributed by atoms with Gasteiger partial charge in [0.15, 0.2) is 0 Å². The molecule has 592 valence electrons. The number of carbonyl (C=O) groups excluding carboxylic acids is 2. The molecule has 0 saturated heterocycles. The van der Waals surface area contributed by atoms with Crippen molar-refractivity contribution in [1.29, 1.82) is 10.5 Å². The highest BCUT2D eigenvalue weighted by Crippen LogP contribution is 2.44. The first-order valence-corrected chi connectivity index (χ1v) is 41.0. The number of hydrogen-bond acceptors (Lipinski definition) is 16. The maximum absolute atomic E-state index is 12.2. The average molecular weight is 1770 g/mol. The number of esters is 1. The number of methoxy groups -OCH3 is 5. The third kappa shape index (κ3) is 17.8. The lowest BCUT2D eigenvalue weighted by Crippen LogP contribution is -2.10. The van der Waals surface area contributed by atoms with Gasteiger partial charge in [0.05, 0.1) is 101 Å². The molecule has 0 bridgehead atoms. The minimum absolute atomic E-state index is 0.111. The van der Waals surface area contributed by atoms with Crippen molar-refractivity contribution in [1.82, 2.24) is 37.8 Å². The van der Waals surface area contributed by atoms with Crippen molar-refractivity contribution in [2.75, 3.05) is 35.5 Å². The number of ether oxygens (including phenoxy) is 5. The molecule has 8 heterocycles. The highest BCUT2D eigenvalue weighted by atomic mass is 79.9. The van der Waals surface area contributed by atoms with Crippen LogP contribution in [0.2, 0.25) is 10.0 Å². The topological polar surface area (TPSA) is 260 Å². The summed E-state index contributed by atoms with van der Waals surface area (Å²) in [6, 6.07) is 65.0. The van der Waals surface area contributed by atoms with Gasteiger partial charge in [-0.1, -0.05) is 80.2 Å². The standard InChI is InChI=1S/C25H17Cl2N3O2S.C25H19N3O3S.C18H18N2O4.C12H11BrN2.C11H9BrN2/c1-32-17-6-4-16(5-7-17)30-12-19(18-8-2-15(24(28)31)11-23(18)30)25-29-22(13-33-25)14-3-9-20(26)21(27)10-14;1-30-19-6-4-18(5-7-19)28-14-21(20-8-3-17(13-23(20)28)25(29)31-2)24-27-22(15-32-24)16-9-11-26-12-10-16;1-4-19-16-11-14(24-3)9-10-15(16)18(20(21)22)17(19)12-5-7-13(23-2)8-6-12;1-2-5-15-8-9(7-14)11-6-10(13)3-4-12(11)15;1-2-14-7-8(6-13)10-5-9(12)3-4-11(10)14/h2-13H,1H3,(H2,28,31);3-15H,1-2H3;5-11H,4H2,1-3H3;3-4,6,8H,2,5H2,1H3;3-5,7H,2H2,1H3. The average Bonchev–Trinajstić information content (AvgIpc) is 1.61. The first-order valence-electron chi connectivity index (χ1n) is 36.9. The minimum Gasteiger partial charge on any atom is -0.497 e. The Balaban J connectivity index is 0.000000133. The second-order valence-electron chi connectivity index (χ2n) is 26.4. The predicted molar refractivity (Wildman–Crippen MR) is 478 cm³/mol. The molecule has 0 aliphatic heterocycles. The zero-order valence-electron chi connectivity index (χ0n) is 64.9. The van der Waals surface area contributed by atoms with Gasteiger partial charge < -0.3 is 52.3 Å². The SMILES string of the molecule is CCCn1cc(C#N)c2cc(Br)ccc21.CCn1c(-c2ccc(OC)cc2)c([N+](=O)[O-])c2ccc(OC)cc21.CCn1cc(C#N)c2cc(Br)ccc21.COC(=O)c1ccc2c(-c3nc(-c4ccncc4)cs3)cn(-c3ccc(OC)cc3)c2c1.COc1ccc(-n2cc(-c3nc(-c4ccc(Cl)c(Cl)c4)cs3)c3ccc(C(N)=O)cc32)cc1. The number of nitro groups is 1. The van der Waals surface area contributed by atoms with E-state index in [1.807, 2.05) is 185 Å². The fourth-order valence-corrected chi connectivity index (χ4v) is 16.5. The number of halogens is 4. The van der Waals surface area contributed by atoms with Gasteiger partial charge in [-0.05, 0) is 190 Å². The van der Waals surface area contributed by atoms with Gasteiger partial charge in [0.25, 0.3) is 0 Å². The number of nitrogens with zero attached hydrogens (tertiary/aromatic N) is 11. The predicted octanol–water partition coefficient (Wildman–Crippen LogP) is 23.7. The van der Waals surface area contributed by atoms with Gasteiger partial charge in [0.2, 0.25) is 5.91 Å². The Labute approximate surface area is 713 Å². The van der Waals surface area contributed by atoms with Crippen LogP contribution in [0.1, 0.15) is 59.0 Å². The van der Waals surface area contributed by atoms with Crippen LogP contribution in [0.3, 0.4) is 0 Å². The Morgan fingerprint density at radius 2 is 0.992 bits per heavy atom. The number of aromatic nitrogens is 8. The number of aryl methyl sites for hydroxylation is 3. The first-order chi connectivity index (χ1) is 57.2. The Hall–Kier alpha value is -12.9. The summed E-state index contributed by atoms with van der Waals surface area (Å²) in [5.74, 6) is 2.08. The van der Waals surface area contributed by atoms with E-state index in [1.54, 1.807) is 101 Å². The van der Waals surface area contributed by atoms with Crippen LogP contribution in [0, 0.1) is 32.8 Å². The molecule has 8 aromatic heterocycles. The molecule has 2 N–H and O–H groups in total. The monoisotopic (exact) mass is 1770 g/mol. The van der Waals surface area contributed by atoms with Crippen LogP contribution >= 0.6 is 77.7 Å². The van der Waals surface area contributed by atoms with E-state index in [0.29, 0.717) is 50.3 Å². The lowest BCUT2D eigenvalue weighted by Gasteiger charge is -2.08. The summed E-state index contributed by atoms with van der Waals surface area (Å²) in [5.41, 5.74) is 21.7. The number of pyridine rings is 1. The number of primary amides is 1. The molecule has 0 aliphatic rings. The summed E-state index contributed by atoms with van der Waals surface area (Å²) >= 11 is 22.2. The van der Waals surface area contributed by atoms with Gasteiger partial charge in [-0.15, -0.1) is 22.7 Å². The van der Waals surface area contributed by atoms with Crippen molar-refractivity contribution in [2.24, 2.45) is 5.73 Å². The molecule has 9 aromatic carbocycles. The van der Waals surface area contributed by atoms with Crippen molar-refractivity contribution in [3.63, 3.8) is 0 Å². The zero-order valence-corrected chi connectivity index (χ0v) is 71.2. The van der Waals surface area contributed by atoms with E-state index >= 15 is 0 Å². The third-order valence-corrected chi connectivity index (χ3v) is 23.0. The molecule has 0 spiro atoms. The van der Waals surface area contributed by atoms with Crippen LogP contribution in [0.4, 0.5) is 5.69 Å². The smallest absolute Gasteiger partial charge is 0.337 e. The van der Waals surface area contributed by atoms with Crippen LogP contribution in [-0.4, -0.2) is 90.1 Å². The van der Waals surface area contributed by atoms with E-state index in [9.17, 15) is 19.7 Å². The largest absolute Gasteiger partial charge is 0.497 e. The lowest BCUT2D eigenvalue weighted by atomic mass is 10.1. The number of benzene rings is 9. The summed E-state index contributed by atoms with van der Waals surface area (Å²) in [4.78, 5) is 49.2. The maximum atomic E-state index is 12.2. The van der Waals surface area contributed by atoms with E-state index in [1.165, 1.54) is 18.4 Å². The van der Waals surface area contributed by atoms with Crippen molar-refractivity contribution in [2.45, 2.75) is 46.8 Å². The summed E-state index contributed by atoms with van der Waals surface area (Å²) < 4.78 is 38.2. The number of fused-ring (bicyclic) bond motifs is 5. The summed E-state index contributed by atoms with van der Waals surface area (Å²) in [7, 11) is 7.83. The molecular formula is C91H74Br2Cl2N12O9S2. The molecule has 17 rings (SSSR count). The molecule has 0 radical (unpaired) electrons. The molecule has 0 atom stereocenters. The lowest BCUT2D eigenvalue weighted by molar-refractivity contribution is -0.382. The molecule has 21 nitrogen and oxygen atoms in total. The van der Waals surface area contributed by atoms with Crippen LogP contribution in [0.5, 0.6) is 23.0 Å². The molecule has 0 fully saturated rings. The molecule has 0 unspecified atom stereocenters. The molecule has 0 saturated carbocycles. The van der Waals surface area contributed by atoms with Gasteiger partial charge in [-0.25, -0.2) is 14.8 Å². The number of hydrogen-bond donors (Lipinski definition) is 1.